The highest BCUT2D eigenvalue weighted by atomic mass is 32.2. The Bertz CT molecular complexity index is 371. The van der Waals surface area contributed by atoms with Crippen molar-refractivity contribution in [3.8, 4) is 0 Å². The Morgan fingerprint density at radius 3 is 2.39 bits per heavy atom. The van der Waals surface area contributed by atoms with E-state index >= 15 is 0 Å². The molecule has 0 spiro atoms. The average molecular weight is 267 g/mol. The number of benzene rings is 1. The van der Waals surface area contributed by atoms with Crippen LogP contribution in [0.25, 0.3) is 0 Å². The largest absolute Gasteiger partial charge is 0.396 e. The van der Waals surface area contributed by atoms with E-state index in [1.807, 2.05) is 6.07 Å². The number of anilines is 1. The molecule has 0 aliphatic rings. The summed E-state index contributed by atoms with van der Waals surface area (Å²) in [5.74, 6) is 0.995. The number of para-hydroxylation sites is 1. The second kappa shape index (κ2) is 8.16. The molecule has 0 fully saturated rings. The first-order valence-corrected chi connectivity index (χ1v) is 7.47. The number of rotatable bonds is 7. The Morgan fingerprint density at radius 2 is 1.89 bits per heavy atom. The Kier molecular flexibility index (Phi) is 6.83. The zero-order chi connectivity index (χ0) is 13.4. The van der Waals surface area contributed by atoms with Gasteiger partial charge in [0.1, 0.15) is 0 Å². The van der Waals surface area contributed by atoms with Gasteiger partial charge in [-0.3, -0.25) is 4.79 Å². The molecule has 100 valence electrons. The molecular formula is C14H21NO2S. The average Bonchev–Trinajstić information content (AvgIpc) is 2.39. The number of hydrogen-bond acceptors (Lipinski definition) is 3. The molecule has 3 nitrogen and oxygen atoms in total. The van der Waals surface area contributed by atoms with Crippen LogP contribution in [0.4, 0.5) is 5.69 Å². The third-order valence-corrected chi connectivity index (χ3v) is 3.67. The van der Waals surface area contributed by atoms with Crippen molar-refractivity contribution in [2.45, 2.75) is 26.7 Å². The lowest BCUT2D eigenvalue weighted by molar-refractivity contribution is -0.113. The maximum atomic E-state index is 11.8. The molecule has 0 saturated heterocycles. The maximum Gasteiger partial charge on any atom is 0.234 e. The number of aliphatic hydroxyl groups is 1. The topological polar surface area (TPSA) is 49.3 Å². The van der Waals surface area contributed by atoms with Gasteiger partial charge < -0.3 is 10.4 Å². The molecule has 0 bridgehead atoms. The molecule has 1 aromatic carbocycles. The molecule has 0 heterocycles. The van der Waals surface area contributed by atoms with Gasteiger partial charge in [0.2, 0.25) is 5.91 Å². The van der Waals surface area contributed by atoms with Gasteiger partial charge in [-0.05, 0) is 24.0 Å². The molecule has 0 atom stereocenters. The number of amides is 1. The van der Waals surface area contributed by atoms with Crippen molar-refractivity contribution < 1.29 is 9.90 Å². The molecule has 0 radical (unpaired) electrons. The summed E-state index contributed by atoms with van der Waals surface area (Å²) in [5.41, 5.74) is 3.32. The van der Waals surface area contributed by atoms with Crippen LogP contribution in [0.1, 0.15) is 25.0 Å². The van der Waals surface area contributed by atoms with Crippen molar-refractivity contribution in [3.63, 3.8) is 0 Å². The van der Waals surface area contributed by atoms with E-state index in [4.69, 9.17) is 5.11 Å². The monoisotopic (exact) mass is 267 g/mol. The minimum absolute atomic E-state index is 0.00375. The van der Waals surface area contributed by atoms with Gasteiger partial charge in [-0.1, -0.05) is 32.0 Å². The number of nitrogens with one attached hydrogen (secondary N) is 1. The molecule has 1 aromatic rings. The summed E-state index contributed by atoms with van der Waals surface area (Å²) in [5, 5.41) is 11.7. The highest BCUT2D eigenvalue weighted by Gasteiger charge is 2.09. The molecule has 0 aromatic heterocycles. The third kappa shape index (κ3) is 4.35. The summed E-state index contributed by atoms with van der Waals surface area (Å²) in [6.45, 7) is 4.29. The number of carbonyl (C=O) groups excluding carboxylic acids is 1. The van der Waals surface area contributed by atoms with Crippen LogP contribution < -0.4 is 5.32 Å². The molecule has 1 amide bonds. The van der Waals surface area contributed by atoms with Crippen molar-refractivity contribution in [2.24, 2.45) is 0 Å². The number of thioether (sulfide) groups is 1. The van der Waals surface area contributed by atoms with Gasteiger partial charge in [0.05, 0.1) is 12.4 Å². The van der Waals surface area contributed by atoms with Crippen LogP contribution in [-0.2, 0) is 17.6 Å². The normalized spacial score (nSPS) is 10.4. The van der Waals surface area contributed by atoms with Gasteiger partial charge in [-0.2, -0.15) is 0 Å². The van der Waals surface area contributed by atoms with E-state index in [1.54, 1.807) is 0 Å². The summed E-state index contributed by atoms with van der Waals surface area (Å²) in [6.07, 6.45) is 1.82. The van der Waals surface area contributed by atoms with E-state index in [0.717, 1.165) is 18.5 Å². The van der Waals surface area contributed by atoms with E-state index < -0.39 is 0 Å². The van der Waals surface area contributed by atoms with Crippen LogP contribution in [0.5, 0.6) is 0 Å². The zero-order valence-electron chi connectivity index (χ0n) is 11.0. The molecule has 0 saturated carbocycles. The summed E-state index contributed by atoms with van der Waals surface area (Å²) in [4.78, 5) is 11.8. The predicted octanol–water partition coefficient (Wildman–Crippen LogP) is 2.48. The number of aliphatic hydroxyl groups excluding tert-OH is 1. The van der Waals surface area contributed by atoms with E-state index in [2.05, 4.69) is 31.3 Å². The molecular weight excluding hydrogens is 246 g/mol. The maximum absolute atomic E-state index is 11.8. The molecule has 4 heteroatoms. The van der Waals surface area contributed by atoms with Crippen LogP contribution in [0.3, 0.4) is 0 Å². The zero-order valence-corrected chi connectivity index (χ0v) is 11.8. The lowest BCUT2D eigenvalue weighted by atomic mass is 10.0. The Hall–Kier alpha value is -1.000. The first kappa shape index (κ1) is 15.1. The van der Waals surface area contributed by atoms with Gasteiger partial charge in [-0.15, -0.1) is 11.8 Å². The fraction of sp³-hybridized carbons (Fsp3) is 0.500. The molecule has 18 heavy (non-hydrogen) atoms. The number of aryl methyl sites for hydroxylation is 2. The fourth-order valence-corrected chi connectivity index (χ4v) is 2.34. The summed E-state index contributed by atoms with van der Waals surface area (Å²) < 4.78 is 0. The molecule has 0 aliphatic carbocycles. The Labute approximate surface area is 113 Å². The molecule has 2 N–H and O–H groups in total. The highest BCUT2D eigenvalue weighted by Crippen LogP contribution is 2.22. The third-order valence-electron chi connectivity index (χ3n) is 2.73. The Balaban J connectivity index is 2.72. The van der Waals surface area contributed by atoms with Crippen molar-refractivity contribution in [3.05, 3.63) is 29.3 Å². The summed E-state index contributed by atoms with van der Waals surface area (Å²) >= 11 is 1.45. The smallest absolute Gasteiger partial charge is 0.234 e. The van der Waals surface area contributed by atoms with Crippen molar-refractivity contribution >= 4 is 23.4 Å². The first-order valence-electron chi connectivity index (χ1n) is 6.32. The number of hydrogen-bond donors (Lipinski definition) is 2. The van der Waals surface area contributed by atoms with Gasteiger partial charge in [0.15, 0.2) is 0 Å². The highest BCUT2D eigenvalue weighted by molar-refractivity contribution is 7.99. The van der Waals surface area contributed by atoms with Crippen LogP contribution >= 0.6 is 11.8 Å². The van der Waals surface area contributed by atoms with Crippen LogP contribution in [-0.4, -0.2) is 29.1 Å². The first-order chi connectivity index (χ1) is 8.72. The number of carbonyl (C=O) groups is 1. The second-order valence-electron chi connectivity index (χ2n) is 3.98. The summed E-state index contributed by atoms with van der Waals surface area (Å²) in [7, 11) is 0. The van der Waals surface area contributed by atoms with Gasteiger partial charge in [-0.25, -0.2) is 0 Å². The molecule has 1 rings (SSSR count). The fourth-order valence-electron chi connectivity index (χ4n) is 1.81. The lowest BCUT2D eigenvalue weighted by Crippen LogP contribution is -2.17. The van der Waals surface area contributed by atoms with Crippen molar-refractivity contribution in [1.29, 1.82) is 0 Å². The predicted molar refractivity (Wildman–Crippen MR) is 78.2 cm³/mol. The van der Waals surface area contributed by atoms with Gasteiger partial charge in [0.25, 0.3) is 0 Å². The van der Waals surface area contributed by atoms with Crippen LogP contribution in [0, 0.1) is 0 Å². The van der Waals surface area contributed by atoms with Crippen LogP contribution in [0.15, 0.2) is 18.2 Å². The van der Waals surface area contributed by atoms with Crippen LogP contribution in [0.2, 0.25) is 0 Å². The SMILES string of the molecule is CCc1cccc(CC)c1NC(=O)CSCCO. The summed E-state index contributed by atoms with van der Waals surface area (Å²) in [6, 6.07) is 6.14. The standard InChI is InChI=1S/C14H21NO2S/c1-3-11-6-5-7-12(4-2)14(11)15-13(17)10-18-9-8-16/h5-7,16H,3-4,8-10H2,1-2H3,(H,15,17). The molecule has 0 aliphatic heterocycles. The lowest BCUT2D eigenvalue weighted by Gasteiger charge is -2.14. The quantitative estimate of drug-likeness (QED) is 0.746. The van der Waals surface area contributed by atoms with Gasteiger partial charge >= 0.3 is 0 Å². The van der Waals surface area contributed by atoms with E-state index in [0.29, 0.717) is 11.5 Å². The van der Waals surface area contributed by atoms with Crippen molar-refractivity contribution in [2.75, 3.05) is 23.4 Å². The van der Waals surface area contributed by atoms with Crippen molar-refractivity contribution in [1.82, 2.24) is 0 Å². The van der Waals surface area contributed by atoms with E-state index in [-0.39, 0.29) is 12.5 Å². The Morgan fingerprint density at radius 1 is 1.28 bits per heavy atom. The van der Waals surface area contributed by atoms with Gasteiger partial charge in [0, 0.05) is 11.4 Å². The minimum atomic E-state index is 0.00375. The molecule has 0 unspecified atom stereocenters. The minimum Gasteiger partial charge on any atom is -0.396 e. The van der Waals surface area contributed by atoms with E-state index in [9.17, 15) is 4.79 Å². The second-order valence-corrected chi connectivity index (χ2v) is 5.09. The van der Waals surface area contributed by atoms with E-state index in [1.165, 1.54) is 22.9 Å².